The molecule has 0 spiro atoms. The minimum atomic E-state index is -4.35. The Morgan fingerprint density at radius 2 is 1.61 bits per heavy atom. The smallest absolute Gasteiger partial charge is 0.408 e. The van der Waals surface area contributed by atoms with Crippen LogP contribution in [0.5, 0.6) is 0 Å². The fourth-order valence-electron chi connectivity index (χ4n) is 10.5. The van der Waals surface area contributed by atoms with Crippen molar-refractivity contribution in [1.29, 1.82) is 0 Å². The van der Waals surface area contributed by atoms with E-state index in [1.807, 2.05) is 0 Å². The largest absolute Gasteiger partial charge is 0.455 e. The van der Waals surface area contributed by atoms with Crippen LogP contribution in [-0.4, -0.2) is 111 Å². The zero-order chi connectivity index (χ0) is 43.7. The molecule has 1 aromatic carbocycles. The number of esters is 3. The first-order valence-electron chi connectivity index (χ1n) is 20.3. The number of benzene rings is 1. The molecule has 59 heavy (non-hydrogen) atoms. The predicted molar refractivity (Wildman–Crippen MR) is 204 cm³/mol. The number of aliphatic hydroxyl groups excluding tert-OH is 2. The standard InChI is InChI=1S/C43H57F2NO13/c1-22-26(56-36(52)43(44,45)32(24-15-11-9-12-16-24)46-37(53)59-38(3,4)5)20-42(54)34(57-35(51)25-17-13-10-14-18-25)31-40(8,33(50)30(49)29(22)39(42,6)7)27(48)19-28-41(31,21-55-28)58-23(2)47/h10,13-14,17-18,24,26-28,30-32,34,48-49,54H,9,11-12,15-16,19-21H2,1-8H3,(H,46,53)/t26-,27-,28+,30+,31-,32-,34-,40+,41-,42+/m0/s1. The molecule has 4 fully saturated rings. The molecule has 3 saturated carbocycles. The molecule has 1 amide bonds. The Hall–Kier alpha value is -3.99. The van der Waals surface area contributed by atoms with Crippen LogP contribution in [0.1, 0.15) is 111 Å². The van der Waals surface area contributed by atoms with Gasteiger partial charge in [-0.25, -0.2) is 14.4 Å². The molecule has 1 saturated heterocycles. The second-order valence-electron chi connectivity index (χ2n) is 18.7. The maximum atomic E-state index is 16.7. The highest BCUT2D eigenvalue weighted by Gasteiger charge is 2.78. The monoisotopic (exact) mass is 833 g/mol. The van der Waals surface area contributed by atoms with Gasteiger partial charge in [-0.1, -0.05) is 51.3 Å². The number of ketones is 1. The number of Topliss-reactive ketones (excluding diaryl/α,β-unsaturated/α-hetero) is 1. The van der Waals surface area contributed by atoms with Gasteiger partial charge >= 0.3 is 29.9 Å². The zero-order valence-corrected chi connectivity index (χ0v) is 34.8. The fraction of sp³-hybridized carbons (Fsp3) is 0.698. The molecule has 1 heterocycles. The number of aliphatic hydroxyl groups is 3. The molecule has 326 valence electrons. The summed E-state index contributed by atoms with van der Waals surface area (Å²) in [5, 5.41) is 39.6. The lowest BCUT2D eigenvalue weighted by atomic mass is 9.44. The average Bonchev–Trinajstić information content (AvgIpc) is 3.15. The third kappa shape index (κ3) is 7.45. The minimum absolute atomic E-state index is 0.0277. The SMILES string of the molecule is CC(=O)O[C@@]12CO[C@@H]1C[C@H](O)[C@@]1(C)C(=O)[C@H](O)C3=C(C)[C@@H](OC(=O)C(F)(F)[C@@H](NC(=O)OC(C)(C)C)C4CCCCC4)C[C@@](O)([C@@H](OC(=O)c4ccccc4)[C@H]21)C3(C)C. The van der Waals surface area contributed by atoms with Crippen LogP contribution in [0.4, 0.5) is 13.6 Å². The Labute approximate surface area is 342 Å². The number of hydrogen-bond donors (Lipinski definition) is 4. The molecule has 4 aliphatic carbocycles. The summed E-state index contributed by atoms with van der Waals surface area (Å²) in [6.45, 7) is 11.1. The van der Waals surface area contributed by atoms with Crippen molar-refractivity contribution in [2.45, 2.75) is 160 Å². The van der Waals surface area contributed by atoms with Gasteiger partial charge in [-0.2, -0.15) is 8.78 Å². The van der Waals surface area contributed by atoms with E-state index in [1.165, 1.54) is 39.8 Å². The van der Waals surface area contributed by atoms with E-state index in [4.69, 9.17) is 23.7 Å². The van der Waals surface area contributed by atoms with E-state index in [1.54, 1.807) is 39.0 Å². The summed E-state index contributed by atoms with van der Waals surface area (Å²) >= 11 is 0. The topological polar surface area (TPSA) is 204 Å². The van der Waals surface area contributed by atoms with Crippen molar-refractivity contribution in [3.63, 3.8) is 0 Å². The van der Waals surface area contributed by atoms with Crippen molar-refractivity contribution < 1.29 is 71.8 Å². The van der Waals surface area contributed by atoms with Crippen molar-refractivity contribution in [2.24, 2.45) is 22.7 Å². The van der Waals surface area contributed by atoms with Gasteiger partial charge in [0.15, 0.2) is 11.4 Å². The van der Waals surface area contributed by atoms with Crippen LogP contribution in [0.2, 0.25) is 0 Å². The number of amides is 1. The number of carbonyl (C=O) groups excluding carboxylic acids is 5. The molecule has 5 aliphatic rings. The molecule has 0 aromatic heterocycles. The first kappa shape index (κ1) is 44.6. The Balaban J connectivity index is 1.49. The van der Waals surface area contributed by atoms with Crippen molar-refractivity contribution >= 4 is 29.8 Å². The zero-order valence-electron chi connectivity index (χ0n) is 34.8. The lowest BCUT2D eigenvalue weighted by Gasteiger charge is -2.67. The summed E-state index contributed by atoms with van der Waals surface area (Å²) in [4.78, 5) is 68.8. The number of halogens is 2. The number of rotatable bonds is 8. The van der Waals surface area contributed by atoms with Crippen LogP contribution in [-0.2, 0) is 38.1 Å². The molecule has 1 aliphatic heterocycles. The maximum Gasteiger partial charge on any atom is 0.408 e. The Kier molecular flexibility index (Phi) is 11.7. The van der Waals surface area contributed by atoms with E-state index in [0.717, 1.165) is 13.3 Å². The maximum absolute atomic E-state index is 16.7. The van der Waals surface area contributed by atoms with Crippen LogP contribution in [0, 0.1) is 22.7 Å². The fourth-order valence-corrected chi connectivity index (χ4v) is 10.5. The number of fused-ring (bicyclic) bond motifs is 5. The first-order chi connectivity index (χ1) is 27.3. The van der Waals surface area contributed by atoms with Crippen LogP contribution in [0.25, 0.3) is 0 Å². The summed E-state index contributed by atoms with van der Waals surface area (Å²) in [5.74, 6) is -11.6. The summed E-state index contributed by atoms with van der Waals surface area (Å²) in [6.07, 6.45) is -7.99. The lowest BCUT2D eigenvalue weighted by molar-refractivity contribution is -0.346. The molecular weight excluding hydrogens is 776 g/mol. The number of nitrogens with one attached hydrogen (secondary N) is 1. The first-order valence-corrected chi connectivity index (χ1v) is 20.3. The molecule has 2 bridgehead atoms. The molecule has 10 atom stereocenters. The van der Waals surface area contributed by atoms with Crippen LogP contribution in [0.15, 0.2) is 41.5 Å². The minimum Gasteiger partial charge on any atom is -0.455 e. The highest BCUT2D eigenvalue weighted by Crippen LogP contribution is 2.64. The number of ether oxygens (including phenoxy) is 5. The lowest BCUT2D eigenvalue weighted by Crippen LogP contribution is -2.81. The number of hydrogen-bond acceptors (Lipinski definition) is 13. The van der Waals surface area contributed by atoms with Crippen molar-refractivity contribution in [2.75, 3.05) is 6.61 Å². The van der Waals surface area contributed by atoms with Gasteiger partial charge in [-0.3, -0.25) is 9.59 Å². The van der Waals surface area contributed by atoms with E-state index < -0.39 is 118 Å². The third-order valence-electron chi connectivity index (χ3n) is 13.6. The van der Waals surface area contributed by atoms with E-state index >= 15 is 8.78 Å². The molecule has 6 rings (SSSR count). The van der Waals surface area contributed by atoms with Crippen LogP contribution >= 0.6 is 0 Å². The average molecular weight is 834 g/mol. The molecule has 16 heteroatoms. The predicted octanol–water partition coefficient (Wildman–Crippen LogP) is 4.74. The van der Waals surface area contributed by atoms with Gasteiger partial charge in [0.1, 0.15) is 41.7 Å². The van der Waals surface area contributed by atoms with Crippen LogP contribution in [0.3, 0.4) is 0 Å². The van der Waals surface area contributed by atoms with Crippen LogP contribution < -0.4 is 5.32 Å². The van der Waals surface area contributed by atoms with Gasteiger partial charge in [0.25, 0.3) is 0 Å². The van der Waals surface area contributed by atoms with Gasteiger partial charge in [0, 0.05) is 25.2 Å². The van der Waals surface area contributed by atoms with E-state index in [-0.39, 0.29) is 42.6 Å². The summed E-state index contributed by atoms with van der Waals surface area (Å²) < 4.78 is 62.4. The third-order valence-corrected chi connectivity index (χ3v) is 13.6. The number of alkyl halides is 2. The Morgan fingerprint density at radius 1 is 0.983 bits per heavy atom. The van der Waals surface area contributed by atoms with E-state index in [0.29, 0.717) is 12.8 Å². The Bertz CT molecular complexity index is 1870. The second-order valence-corrected chi connectivity index (χ2v) is 18.7. The summed E-state index contributed by atoms with van der Waals surface area (Å²) in [5.41, 5.74) is -9.36. The normalized spacial score (nSPS) is 35.0. The van der Waals surface area contributed by atoms with Gasteiger partial charge < -0.3 is 44.3 Å². The number of alkyl carbamates (subject to hydrolysis) is 1. The van der Waals surface area contributed by atoms with Gasteiger partial charge in [-0.05, 0) is 76.7 Å². The summed E-state index contributed by atoms with van der Waals surface area (Å²) in [7, 11) is 0. The molecule has 1 aromatic rings. The highest BCUT2D eigenvalue weighted by molar-refractivity contribution is 5.94. The summed E-state index contributed by atoms with van der Waals surface area (Å²) in [6, 6.07) is 5.63. The quantitative estimate of drug-likeness (QED) is 0.159. The molecule has 4 N–H and O–H groups in total. The molecular formula is C43H57F2NO13. The van der Waals surface area contributed by atoms with Gasteiger partial charge in [0.2, 0.25) is 0 Å². The highest BCUT2D eigenvalue weighted by atomic mass is 19.3. The Morgan fingerprint density at radius 3 is 2.17 bits per heavy atom. The van der Waals surface area contributed by atoms with Crippen molar-refractivity contribution in [1.82, 2.24) is 5.32 Å². The molecule has 14 nitrogen and oxygen atoms in total. The van der Waals surface area contributed by atoms with E-state index in [9.17, 15) is 39.3 Å². The second kappa shape index (κ2) is 15.5. The van der Waals surface area contributed by atoms with E-state index in [2.05, 4.69) is 5.32 Å². The van der Waals surface area contributed by atoms with Crippen molar-refractivity contribution in [3.05, 3.63) is 47.0 Å². The van der Waals surface area contributed by atoms with Crippen molar-refractivity contribution in [3.8, 4) is 0 Å². The number of carbonyl (C=O) groups is 5. The van der Waals surface area contributed by atoms with Gasteiger partial charge in [0.05, 0.1) is 29.6 Å². The van der Waals surface area contributed by atoms with Gasteiger partial charge in [-0.15, -0.1) is 0 Å². The molecule has 0 radical (unpaired) electrons. The molecule has 0 unspecified atom stereocenters.